The normalized spacial score (nSPS) is 13.8. The number of sulfonamides is 1. The van der Waals surface area contributed by atoms with Crippen LogP contribution in [0.3, 0.4) is 0 Å². The van der Waals surface area contributed by atoms with E-state index in [-0.39, 0.29) is 35.4 Å². The maximum atomic E-state index is 14.3. The highest BCUT2D eigenvalue weighted by molar-refractivity contribution is 7.92. The van der Waals surface area contributed by atoms with Crippen LogP contribution in [-0.4, -0.2) is 68.3 Å². The summed E-state index contributed by atoms with van der Waals surface area (Å²) in [6.45, 7) is 3.35. The lowest BCUT2D eigenvalue weighted by Gasteiger charge is -2.36. The molecule has 1 amide bonds. The van der Waals surface area contributed by atoms with Gasteiger partial charge in [0, 0.05) is 73.4 Å². The van der Waals surface area contributed by atoms with Gasteiger partial charge in [-0.3, -0.25) is 19.3 Å². The first-order chi connectivity index (χ1) is 21.0. The van der Waals surface area contributed by atoms with Crippen LogP contribution in [0, 0.1) is 17.5 Å². The largest absolute Gasteiger partial charge is 0.480 e. The summed E-state index contributed by atoms with van der Waals surface area (Å²) in [5, 5.41) is 0.787. The molecule has 2 aromatic heterocycles. The topological polar surface area (TPSA) is 122 Å². The molecular weight excluding hydrogens is 599 g/mol. The number of hydrogen-bond donors (Lipinski definition) is 1. The van der Waals surface area contributed by atoms with Crippen LogP contribution < -0.4 is 14.4 Å². The Labute approximate surface area is 250 Å². The molecular formula is C30H26F3N5O5S. The lowest BCUT2D eigenvalue weighted by atomic mass is 10.0. The number of amides is 1. The molecule has 1 aliphatic heterocycles. The van der Waals surface area contributed by atoms with Gasteiger partial charge in [0.05, 0.1) is 12.6 Å². The Morgan fingerprint density at radius 3 is 2.30 bits per heavy atom. The Morgan fingerprint density at radius 2 is 1.64 bits per heavy atom. The monoisotopic (exact) mass is 625 g/mol. The molecule has 44 heavy (non-hydrogen) atoms. The average molecular weight is 626 g/mol. The molecule has 2 aromatic carbocycles. The Kier molecular flexibility index (Phi) is 8.54. The van der Waals surface area contributed by atoms with Gasteiger partial charge in [-0.05, 0) is 42.8 Å². The van der Waals surface area contributed by atoms with Crippen LogP contribution in [-0.2, 0) is 19.6 Å². The fourth-order valence-electron chi connectivity index (χ4n) is 4.88. The molecule has 4 aromatic rings. The summed E-state index contributed by atoms with van der Waals surface area (Å²) >= 11 is 0. The third-order valence-corrected chi connectivity index (χ3v) is 8.38. The molecule has 5 rings (SSSR count). The maximum Gasteiger partial charge on any atom is 0.267 e. The predicted molar refractivity (Wildman–Crippen MR) is 157 cm³/mol. The van der Waals surface area contributed by atoms with E-state index < -0.39 is 32.4 Å². The van der Waals surface area contributed by atoms with Crippen LogP contribution in [0.15, 0.2) is 71.9 Å². The highest BCUT2D eigenvalue weighted by atomic mass is 32.2. The number of nitrogens with one attached hydrogen (secondary N) is 1. The lowest BCUT2D eigenvalue weighted by Crippen LogP contribution is -2.48. The summed E-state index contributed by atoms with van der Waals surface area (Å²) in [6.07, 6.45) is 5.65. The quantitative estimate of drug-likeness (QED) is 0.288. The number of carbonyl (C=O) groups excluding carboxylic acids is 2. The highest BCUT2D eigenvalue weighted by Gasteiger charge is 2.27. The fraction of sp³-hybridized carbons (Fsp3) is 0.200. The number of ketones is 1. The molecule has 1 aliphatic rings. The number of methoxy groups -OCH3 is 1. The van der Waals surface area contributed by atoms with E-state index in [0.717, 1.165) is 11.1 Å². The van der Waals surface area contributed by atoms with Gasteiger partial charge in [0.2, 0.25) is 11.8 Å². The third kappa shape index (κ3) is 6.34. The number of aromatic nitrogens is 2. The van der Waals surface area contributed by atoms with Gasteiger partial charge in [-0.2, -0.15) is 0 Å². The Bertz CT molecular complexity index is 1890. The minimum Gasteiger partial charge on any atom is -0.480 e. The van der Waals surface area contributed by atoms with Gasteiger partial charge in [0.15, 0.2) is 10.7 Å². The standard InChI is InChI=1S/C30H26F3N5O5S/c1-18(39)3-6-28(40)38-11-9-37(10-12-38)27-7-8-34-25-5-4-19(13-22(25)27)20-14-26(30(43-2)35-17-20)36-44(41,42)29-23(32)15-21(31)16-24(29)33/h3-8,13-17,36H,9-12H2,1-2H3/b6-3+. The smallest absolute Gasteiger partial charge is 0.267 e. The van der Waals surface area contributed by atoms with Crippen LogP contribution in [0.5, 0.6) is 5.88 Å². The minimum atomic E-state index is -4.85. The van der Waals surface area contributed by atoms with Crippen molar-refractivity contribution in [3.05, 3.63) is 84.5 Å². The van der Waals surface area contributed by atoms with Gasteiger partial charge in [-0.15, -0.1) is 0 Å². The summed E-state index contributed by atoms with van der Waals surface area (Å²) < 4.78 is 75.2. The van der Waals surface area contributed by atoms with Gasteiger partial charge in [-0.25, -0.2) is 26.6 Å². The summed E-state index contributed by atoms with van der Waals surface area (Å²) in [7, 11) is -3.60. The molecule has 3 heterocycles. The maximum absolute atomic E-state index is 14.3. The number of nitrogens with zero attached hydrogens (tertiary/aromatic N) is 4. The van der Waals surface area contributed by atoms with Crippen LogP contribution in [0.4, 0.5) is 24.5 Å². The number of benzene rings is 2. The van der Waals surface area contributed by atoms with Crippen molar-refractivity contribution >= 4 is 44.0 Å². The zero-order chi connectivity index (χ0) is 31.6. The van der Waals surface area contributed by atoms with E-state index in [4.69, 9.17) is 4.74 Å². The van der Waals surface area contributed by atoms with Crippen LogP contribution in [0.25, 0.3) is 22.0 Å². The molecule has 10 nitrogen and oxygen atoms in total. The van der Waals surface area contributed by atoms with E-state index in [2.05, 4.69) is 19.6 Å². The fourth-order valence-corrected chi connectivity index (χ4v) is 6.05. The molecule has 1 fully saturated rings. The second-order valence-electron chi connectivity index (χ2n) is 9.90. The summed E-state index contributed by atoms with van der Waals surface area (Å²) in [6, 6.07) is 9.21. The van der Waals surface area contributed by atoms with E-state index in [1.807, 2.05) is 12.1 Å². The van der Waals surface area contributed by atoms with Crippen molar-refractivity contribution in [3.8, 4) is 17.0 Å². The molecule has 0 radical (unpaired) electrons. The summed E-state index contributed by atoms with van der Waals surface area (Å²) in [4.78, 5) is 34.6. The molecule has 0 spiro atoms. The van der Waals surface area contributed by atoms with Crippen molar-refractivity contribution in [2.75, 3.05) is 42.9 Å². The van der Waals surface area contributed by atoms with Gasteiger partial charge in [-0.1, -0.05) is 6.07 Å². The zero-order valence-electron chi connectivity index (χ0n) is 23.6. The first-order valence-corrected chi connectivity index (χ1v) is 14.8. The van der Waals surface area contributed by atoms with Crippen molar-refractivity contribution in [3.63, 3.8) is 0 Å². The van der Waals surface area contributed by atoms with Crippen molar-refractivity contribution in [1.29, 1.82) is 0 Å². The van der Waals surface area contributed by atoms with Crippen molar-refractivity contribution in [2.45, 2.75) is 11.8 Å². The van der Waals surface area contributed by atoms with E-state index in [0.29, 0.717) is 42.8 Å². The Balaban J connectivity index is 1.45. The van der Waals surface area contributed by atoms with Gasteiger partial charge in [0.25, 0.3) is 10.0 Å². The number of halogens is 3. The third-order valence-electron chi connectivity index (χ3n) is 6.97. The highest BCUT2D eigenvalue weighted by Crippen LogP contribution is 2.34. The Hall–Kier alpha value is -4.98. The van der Waals surface area contributed by atoms with Crippen LogP contribution >= 0.6 is 0 Å². The number of carbonyl (C=O) groups is 2. The number of rotatable bonds is 8. The number of ether oxygens (including phenoxy) is 1. The zero-order valence-corrected chi connectivity index (χ0v) is 24.4. The predicted octanol–water partition coefficient (Wildman–Crippen LogP) is 4.32. The minimum absolute atomic E-state index is 0.158. The molecule has 228 valence electrons. The number of hydrogen-bond acceptors (Lipinski definition) is 8. The molecule has 0 atom stereocenters. The van der Waals surface area contributed by atoms with Crippen molar-refractivity contribution in [2.24, 2.45) is 0 Å². The molecule has 1 saturated heterocycles. The number of piperazine rings is 1. The van der Waals surface area contributed by atoms with Crippen molar-refractivity contribution < 1.29 is 35.9 Å². The first kappa shape index (κ1) is 30.5. The number of allylic oxidation sites excluding steroid dienone is 1. The lowest BCUT2D eigenvalue weighted by molar-refractivity contribution is -0.126. The number of anilines is 2. The van der Waals surface area contributed by atoms with Gasteiger partial charge >= 0.3 is 0 Å². The Morgan fingerprint density at radius 1 is 0.932 bits per heavy atom. The van der Waals surface area contributed by atoms with Gasteiger partial charge < -0.3 is 14.5 Å². The molecule has 0 bridgehead atoms. The van der Waals surface area contributed by atoms with E-state index in [1.54, 1.807) is 23.2 Å². The van der Waals surface area contributed by atoms with E-state index in [9.17, 15) is 31.2 Å². The second-order valence-corrected chi connectivity index (χ2v) is 11.5. The summed E-state index contributed by atoms with van der Waals surface area (Å²) in [5.74, 6) is -5.04. The second kappa shape index (κ2) is 12.3. The van der Waals surface area contributed by atoms with E-state index in [1.165, 1.54) is 38.4 Å². The molecule has 1 N–H and O–H groups in total. The molecule has 0 unspecified atom stereocenters. The average Bonchev–Trinajstić information content (AvgIpc) is 2.98. The van der Waals surface area contributed by atoms with Crippen molar-refractivity contribution in [1.82, 2.24) is 14.9 Å². The number of pyridine rings is 2. The SMILES string of the molecule is COc1ncc(-c2ccc3nccc(N4CCN(C(=O)/C=C/C(C)=O)CC4)c3c2)cc1NS(=O)(=O)c1c(F)cc(F)cc1F. The molecule has 0 saturated carbocycles. The first-order valence-electron chi connectivity index (χ1n) is 13.3. The molecule has 14 heteroatoms. The summed E-state index contributed by atoms with van der Waals surface area (Å²) in [5.41, 5.74) is 2.45. The van der Waals surface area contributed by atoms with Crippen LogP contribution in [0.2, 0.25) is 0 Å². The van der Waals surface area contributed by atoms with E-state index >= 15 is 0 Å². The molecule has 0 aliphatic carbocycles. The van der Waals surface area contributed by atoms with Crippen LogP contribution in [0.1, 0.15) is 6.92 Å². The van der Waals surface area contributed by atoms with Gasteiger partial charge in [0.1, 0.15) is 23.1 Å². The number of fused-ring (bicyclic) bond motifs is 1.